The van der Waals surface area contributed by atoms with Gasteiger partial charge < -0.3 is 4.74 Å². The highest BCUT2D eigenvalue weighted by molar-refractivity contribution is 6.82. The number of hydrogen-bond donors (Lipinski definition) is 1. The monoisotopic (exact) mass is 305 g/mol. The lowest BCUT2D eigenvalue weighted by Crippen LogP contribution is -2.13. The van der Waals surface area contributed by atoms with Gasteiger partial charge in [0.2, 0.25) is 5.17 Å². The Kier molecular flexibility index (Phi) is 5.53. The van der Waals surface area contributed by atoms with E-state index < -0.39 is 16.1 Å². The van der Waals surface area contributed by atoms with E-state index in [4.69, 9.17) is 23.2 Å². The number of nitro benzene ring substituents is 1. The highest BCUT2D eigenvalue weighted by atomic mass is 35.5. The quantitative estimate of drug-likeness (QED) is 0.391. The number of benzene rings is 1. The first-order chi connectivity index (χ1) is 8.95. The minimum atomic E-state index is -0.792. The molecule has 0 unspecified atom stereocenters. The van der Waals surface area contributed by atoms with Gasteiger partial charge in [-0.2, -0.15) is 5.10 Å². The molecule has 0 bridgehead atoms. The van der Waals surface area contributed by atoms with Crippen LogP contribution >= 0.6 is 23.2 Å². The van der Waals surface area contributed by atoms with Gasteiger partial charge in [0.25, 0.3) is 5.69 Å². The lowest BCUT2D eigenvalue weighted by molar-refractivity contribution is -0.384. The number of carbonyl (C=O) groups is 1. The molecule has 0 aliphatic rings. The van der Waals surface area contributed by atoms with E-state index in [9.17, 15) is 14.9 Å². The van der Waals surface area contributed by atoms with Gasteiger partial charge in [0.15, 0.2) is 0 Å². The normalized spacial score (nSPS) is 11.0. The van der Waals surface area contributed by atoms with Crippen molar-refractivity contribution in [3.8, 4) is 0 Å². The van der Waals surface area contributed by atoms with Gasteiger partial charge in [-0.25, -0.2) is 4.79 Å². The number of rotatable bonds is 5. The number of esters is 1. The molecule has 0 spiro atoms. The maximum atomic E-state index is 11.1. The Morgan fingerprint density at radius 2 is 2.26 bits per heavy atom. The standard InChI is InChI=1S/C10H9Cl2N3O4/c1-2-19-10(16)9(12)14-13-6-3-4-7(11)8(5-6)15(17)18/h3-5,13H,2H2,1H3. The Bertz CT molecular complexity index is 534. The maximum Gasteiger partial charge on any atom is 0.370 e. The van der Waals surface area contributed by atoms with Crippen LogP contribution in [0.2, 0.25) is 5.02 Å². The van der Waals surface area contributed by atoms with Crippen LogP contribution in [0.3, 0.4) is 0 Å². The third-order valence-corrected chi connectivity index (χ3v) is 2.43. The molecule has 0 aliphatic heterocycles. The summed E-state index contributed by atoms with van der Waals surface area (Å²) in [6, 6.07) is 3.95. The average molecular weight is 306 g/mol. The maximum absolute atomic E-state index is 11.1. The van der Waals surface area contributed by atoms with E-state index >= 15 is 0 Å². The van der Waals surface area contributed by atoms with Crippen molar-refractivity contribution in [2.45, 2.75) is 6.92 Å². The molecule has 0 aromatic heterocycles. The van der Waals surface area contributed by atoms with Gasteiger partial charge in [-0.3, -0.25) is 15.5 Å². The predicted octanol–water partition coefficient (Wildman–Crippen LogP) is 2.78. The summed E-state index contributed by atoms with van der Waals surface area (Å²) in [5.74, 6) is -0.792. The van der Waals surface area contributed by atoms with E-state index in [1.807, 2.05) is 0 Å². The number of hydrazone groups is 1. The Hall–Kier alpha value is -1.86. The lowest BCUT2D eigenvalue weighted by atomic mass is 10.3. The highest BCUT2D eigenvalue weighted by Gasteiger charge is 2.13. The van der Waals surface area contributed by atoms with Crippen LogP contribution in [0.25, 0.3) is 0 Å². The van der Waals surface area contributed by atoms with Crippen molar-refractivity contribution in [3.63, 3.8) is 0 Å². The second-order valence-electron chi connectivity index (χ2n) is 3.16. The summed E-state index contributed by atoms with van der Waals surface area (Å²) in [5.41, 5.74) is 2.38. The molecule has 0 atom stereocenters. The van der Waals surface area contributed by atoms with Crippen molar-refractivity contribution < 1.29 is 14.5 Å². The number of anilines is 1. The minimum absolute atomic E-state index is 0.00369. The molecule has 0 amide bonds. The molecular formula is C10H9Cl2N3O4. The first kappa shape index (κ1) is 15.2. The fraction of sp³-hybridized carbons (Fsp3) is 0.200. The number of nitro groups is 1. The van der Waals surface area contributed by atoms with Crippen molar-refractivity contribution in [3.05, 3.63) is 33.3 Å². The van der Waals surface area contributed by atoms with E-state index in [1.54, 1.807) is 6.92 Å². The molecule has 0 radical (unpaired) electrons. The molecule has 0 aliphatic carbocycles. The zero-order valence-electron chi connectivity index (χ0n) is 9.72. The zero-order chi connectivity index (χ0) is 14.4. The second-order valence-corrected chi connectivity index (χ2v) is 3.92. The van der Waals surface area contributed by atoms with Crippen molar-refractivity contribution in [1.82, 2.24) is 0 Å². The summed E-state index contributed by atoms with van der Waals surface area (Å²) in [6.45, 7) is 1.79. The number of carbonyl (C=O) groups excluding carboxylic acids is 1. The Morgan fingerprint density at radius 1 is 1.58 bits per heavy atom. The van der Waals surface area contributed by atoms with Crippen molar-refractivity contribution in [2.75, 3.05) is 12.0 Å². The van der Waals surface area contributed by atoms with Crippen molar-refractivity contribution in [2.24, 2.45) is 5.10 Å². The van der Waals surface area contributed by atoms with Gasteiger partial charge >= 0.3 is 5.97 Å². The molecule has 1 rings (SSSR count). The van der Waals surface area contributed by atoms with Crippen LogP contribution in [0.1, 0.15) is 6.92 Å². The first-order valence-corrected chi connectivity index (χ1v) is 5.81. The van der Waals surface area contributed by atoms with Gasteiger partial charge in [-0.1, -0.05) is 23.2 Å². The molecule has 0 heterocycles. The highest BCUT2D eigenvalue weighted by Crippen LogP contribution is 2.27. The van der Waals surface area contributed by atoms with Crippen LogP contribution in [0.15, 0.2) is 23.3 Å². The van der Waals surface area contributed by atoms with Crippen LogP contribution in [-0.2, 0) is 9.53 Å². The van der Waals surface area contributed by atoms with Crippen LogP contribution in [0, 0.1) is 10.1 Å². The smallest absolute Gasteiger partial charge is 0.370 e. The third-order valence-electron chi connectivity index (χ3n) is 1.87. The minimum Gasteiger partial charge on any atom is -0.461 e. The van der Waals surface area contributed by atoms with Gasteiger partial charge in [0.1, 0.15) is 5.02 Å². The molecule has 102 valence electrons. The SMILES string of the molecule is CCOC(=O)C(Cl)=NNc1ccc(Cl)c([N+](=O)[O-])c1. The van der Waals surface area contributed by atoms with Gasteiger partial charge in [-0.05, 0) is 19.1 Å². The van der Waals surface area contributed by atoms with Gasteiger partial charge in [0.05, 0.1) is 17.2 Å². The van der Waals surface area contributed by atoms with Crippen LogP contribution in [0.4, 0.5) is 11.4 Å². The second kappa shape index (κ2) is 6.91. The molecule has 0 fully saturated rings. The fourth-order valence-electron chi connectivity index (χ4n) is 1.07. The van der Waals surface area contributed by atoms with E-state index in [1.165, 1.54) is 18.2 Å². The molecule has 1 aromatic carbocycles. The fourth-order valence-corrected chi connectivity index (χ4v) is 1.36. The summed E-state index contributed by atoms with van der Waals surface area (Å²) in [6.07, 6.45) is 0. The largest absolute Gasteiger partial charge is 0.461 e. The number of nitrogens with one attached hydrogen (secondary N) is 1. The number of halogens is 2. The van der Waals surface area contributed by atoms with Crippen LogP contribution in [0.5, 0.6) is 0 Å². The van der Waals surface area contributed by atoms with E-state index in [0.717, 1.165) is 0 Å². The molecule has 0 saturated heterocycles. The Balaban J connectivity index is 2.83. The zero-order valence-corrected chi connectivity index (χ0v) is 11.2. The van der Waals surface area contributed by atoms with E-state index in [-0.39, 0.29) is 23.0 Å². The van der Waals surface area contributed by atoms with Crippen LogP contribution < -0.4 is 5.43 Å². The van der Waals surface area contributed by atoms with E-state index in [2.05, 4.69) is 15.3 Å². The molecule has 9 heteroatoms. The number of nitrogens with zero attached hydrogens (tertiary/aromatic N) is 2. The first-order valence-electron chi connectivity index (χ1n) is 5.06. The van der Waals surface area contributed by atoms with Gasteiger partial charge in [0, 0.05) is 6.07 Å². The molecular weight excluding hydrogens is 297 g/mol. The van der Waals surface area contributed by atoms with E-state index in [0.29, 0.717) is 0 Å². The Labute approximate surface area is 118 Å². The van der Waals surface area contributed by atoms with Gasteiger partial charge in [-0.15, -0.1) is 0 Å². The van der Waals surface area contributed by atoms with Crippen LogP contribution in [-0.4, -0.2) is 22.7 Å². The topological polar surface area (TPSA) is 93.8 Å². The van der Waals surface area contributed by atoms with Crippen molar-refractivity contribution >= 4 is 45.7 Å². The average Bonchev–Trinajstić information content (AvgIpc) is 2.37. The molecule has 1 aromatic rings. The molecule has 19 heavy (non-hydrogen) atoms. The summed E-state index contributed by atoms with van der Waals surface area (Å²) in [7, 11) is 0. The number of ether oxygens (including phenoxy) is 1. The predicted molar refractivity (Wildman–Crippen MR) is 71.7 cm³/mol. The molecule has 1 N–H and O–H groups in total. The third kappa shape index (κ3) is 4.38. The van der Waals surface area contributed by atoms with Crippen molar-refractivity contribution in [1.29, 1.82) is 0 Å². The number of hydrogen-bond acceptors (Lipinski definition) is 6. The lowest BCUT2D eigenvalue weighted by Gasteiger charge is -2.02. The summed E-state index contributed by atoms with van der Waals surface area (Å²) in [4.78, 5) is 21.2. The summed E-state index contributed by atoms with van der Waals surface area (Å²) in [5, 5.41) is 13.8. The Morgan fingerprint density at radius 3 is 2.84 bits per heavy atom. The summed E-state index contributed by atoms with van der Waals surface area (Å²) >= 11 is 11.2. The summed E-state index contributed by atoms with van der Waals surface area (Å²) < 4.78 is 4.60. The molecule has 7 nitrogen and oxygen atoms in total. The molecule has 0 saturated carbocycles.